The summed E-state index contributed by atoms with van der Waals surface area (Å²) in [6.07, 6.45) is -21.6. The van der Waals surface area contributed by atoms with Gasteiger partial charge in [-0.05, 0) is 314 Å². The molecule has 5 atom stereocenters. The monoisotopic (exact) mass is 1910 g/mol. The Labute approximate surface area is 748 Å². The first-order valence-corrected chi connectivity index (χ1v) is 47.0. The van der Waals surface area contributed by atoms with Crippen LogP contribution in [-0.2, 0) is 0 Å². The van der Waals surface area contributed by atoms with Crippen LogP contribution in [0.5, 0.6) is 0 Å². The lowest BCUT2D eigenvalue weighted by Crippen LogP contribution is -2.55. The molecule has 127 heavy (non-hydrogen) atoms. The second-order valence-corrected chi connectivity index (χ2v) is 43.4. The van der Waals surface area contributed by atoms with Crippen LogP contribution in [-0.4, -0.2) is 83.4 Å². The molecule has 0 heterocycles. The van der Waals surface area contributed by atoms with Gasteiger partial charge >= 0.3 is 49.4 Å². The molecule has 9 aliphatic rings. The summed E-state index contributed by atoms with van der Waals surface area (Å²) in [5.41, 5.74) is -16.0. The highest BCUT2D eigenvalue weighted by Gasteiger charge is 2.74. The lowest BCUT2D eigenvalue weighted by atomic mass is 9.57. The molecule has 1 spiro atoms. The Bertz CT molecular complexity index is 2750. The number of hydrogen-bond acceptors (Lipinski definition) is 0. The van der Waals surface area contributed by atoms with Crippen molar-refractivity contribution in [2.75, 3.05) is 0 Å². The van der Waals surface area contributed by atoms with E-state index in [1.165, 1.54) is 52.9 Å². The number of hydrogen-bond donors (Lipinski definition) is 0. The average Bonchev–Trinajstić information content (AvgIpc) is 0.748. The average molecular weight is 1910 g/mol. The molecule has 0 aromatic rings. The maximum atomic E-state index is 13.4. The van der Waals surface area contributed by atoms with Crippen LogP contribution in [0.3, 0.4) is 0 Å². The summed E-state index contributed by atoms with van der Waals surface area (Å²) in [7, 11) is 0. The molecule has 30 heteroatoms. The van der Waals surface area contributed by atoms with Crippen molar-refractivity contribution in [2.45, 2.75) is 516 Å². The number of rotatable bonds is 10. The summed E-state index contributed by atoms with van der Waals surface area (Å²) in [6.45, 7) is 53.9. The fourth-order valence-electron chi connectivity index (χ4n) is 17.6. The van der Waals surface area contributed by atoms with Gasteiger partial charge in [0.25, 0.3) is 0 Å². The summed E-state index contributed by atoms with van der Waals surface area (Å²) in [4.78, 5) is 0. The van der Waals surface area contributed by atoms with Crippen molar-refractivity contribution in [3.63, 3.8) is 0 Å². The zero-order valence-electron chi connectivity index (χ0n) is 83.0. The Morgan fingerprint density at radius 2 is 0.677 bits per heavy atom. The Morgan fingerprint density at radius 1 is 0.331 bits per heavy atom. The zero-order valence-corrected chi connectivity index (χ0v) is 83.0. The van der Waals surface area contributed by atoms with Crippen LogP contribution in [0.1, 0.15) is 432 Å². The van der Waals surface area contributed by atoms with Crippen LogP contribution >= 0.6 is 0 Å². The van der Waals surface area contributed by atoms with Crippen LogP contribution in [0.4, 0.5) is 132 Å². The zero-order chi connectivity index (χ0) is 102. The lowest BCUT2D eigenvalue weighted by Gasteiger charge is -2.49. The fourth-order valence-corrected chi connectivity index (χ4v) is 17.6. The van der Waals surface area contributed by atoms with Crippen LogP contribution in [0, 0.1) is 104 Å². The summed E-state index contributed by atoms with van der Waals surface area (Å²) >= 11 is 0. The van der Waals surface area contributed by atoms with E-state index in [0.717, 1.165) is 108 Å². The molecule has 9 aliphatic carbocycles. The Kier molecular flexibility index (Phi) is 54.2. The normalized spacial score (nSPS) is 25.7. The molecule has 0 aliphatic heterocycles. The molecule has 0 aromatic carbocycles. The topological polar surface area (TPSA) is 0 Å². The Balaban J connectivity index is -0.000000662. The van der Waals surface area contributed by atoms with Crippen molar-refractivity contribution in [3.8, 4) is 0 Å². The lowest BCUT2D eigenvalue weighted by molar-refractivity contribution is -0.364. The van der Waals surface area contributed by atoms with E-state index in [2.05, 4.69) is 20.8 Å². The molecule has 0 amide bonds. The molecule has 2 bridgehead atoms. The molecular formula is C97H172F30. The molecule has 0 N–H and O–H groups in total. The molecule has 0 saturated heterocycles. The maximum absolute atomic E-state index is 13.4. The van der Waals surface area contributed by atoms with Gasteiger partial charge in [0.15, 0.2) is 16.2 Å². The Hall–Kier alpha value is -2.10. The SMILES string of the molecule is CC(C)(C)F.CC(C)C(C)(C)F.CC1CCC(C(F)(F)F)(C(F)(F)F)CC1.CC1CCC(C(F)(F)F)CC1.CC1CCC2(CC1)CCC(C(F)(F)F)(C(F)(F)F)CC2.CC1CCCC(C(F)(F)F)[C@@H]1C.CCC(C)(C)F.CCC(C)(CC)C(C)(C)F.CCC(CC)C(C)(C)F.CCCC(C)(C)F.C[C@@H]1CCCCC1(C(F)(F)F)C(F)(F)F.C[C@H]1CC2CCC1(C)CC2. The standard InChI is InChI=1S/C14H20F6.C10H18.2C9H12F6.C9H15F3.C9H19F.C8H13F3.C8H17F.2C6H13F.C5H11F.C4H9F/c1-10-2-4-11(5-3-10)6-8-12(9-7-11,13(15,16)17)14(18,19)20;1-8-7-9-3-5-10(8,2)6-4-9;1-6-2-4-7(5-3-6,8(10,11)12)9(13,14)15;1-6-4-2-3-5-7(6,8(10,11)12)9(13,14)15;1-6-4-3-5-8(7(6)2)9(10,11)12;1-6-9(5,7-2)8(3,4)10;1-6-2-4-7(5-3-6)8(9,10)11;1-5-7(6-2)8(3,4)9;1-5(2)6(3,4)7;1-4-5-6(2,3)7;1-4-5(2,3)6;1-4(2,3)5/h10H,2-9H2,1H3;8-9H,3-7H2,1-2H3;2*6H,2-5H2,1H3;6-8H,3-5H2,1-2H3;6-7H2,1-5H3;6-7H,2-5H2,1H3;7H,5-6H2,1-4H3;5H,1-4H3;4-5H2,1-3H3;4H2,1-3H3;1-3H3/t;8-,9?,10?;;6-;6?,7-,8?;;;;;;;/m.0.11......./s1. The van der Waals surface area contributed by atoms with E-state index in [9.17, 15) is 132 Å². The van der Waals surface area contributed by atoms with Gasteiger partial charge in [0.05, 0.1) is 11.8 Å². The van der Waals surface area contributed by atoms with Gasteiger partial charge in [0.2, 0.25) is 0 Å². The first-order valence-electron chi connectivity index (χ1n) is 47.0. The summed E-state index contributed by atoms with van der Waals surface area (Å²) in [5.74, 6) is 0.0473. The van der Waals surface area contributed by atoms with E-state index in [4.69, 9.17) is 0 Å². The van der Waals surface area contributed by atoms with Gasteiger partial charge in [0, 0.05) is 5.41 Å². The van der Waals surface area contributed by atoms with Gasteiger partial charge in [-0.25, -0.2) is 26.3 Å². The van der Waals surface area contributed by atoms with Crippen molar-refractivity contribution >= 4 is 0 Å². The predicted molar refractivity (Wildman–Crippen MR) is 460 cm³/mol. The second kappa shape index (κ2) is 52.4. The molecule has 770 valence electrons. The van der Waals surface area contributed by atoms with Gasteiger partial charge in [-0.15, -0.1) is 0 Å². The summed E-state index contributed by atoms with van der Waals surface area (Å²) < 4.78 is 377. The molecule has 2 unspecified atom stereocenters. The smallest absolute Gasteiger partial charge is 0.245 e. The maximum Gasteiger partial charge on any atom is 0.403 e. The van der Waals surface area contributed by atoms with Crippen LogP contribution in [0.2, 0.25) is 0 Å². The minimum atomic E-state index is -5.20. The third-order valence-electron chi connectivity index (χ3n) is 29.8. The first-order chi connectivity index (χ1) is 56.3. The van der Waals surface area contributed by atoms with Crippen molar-refractivity contribution in [1.29, 1.82) is 0 Å². The fraction of sp³-hybridized carbons (Fsp3) is 1.00. The first kappa shape index (κ1) is 131. The van der Waals surface area contributed by atoms with Crippen LogP contribution < -0.4 is 0 Å². The van der Waals surface area contributed by atoms with Gasteiger partial charge < -0.3 is 0 Å². The highest BCUT2D eigenvalue weighted by atomic mass is 19.4. The summed E-state index contributed by atoms with van der Waals surface area (Å²) in [6, 6.07) is 0. The second-order valence-electron chi connectivity index (χ2n) is 43.4. The molecule has 0 nitrogen and oxygen atoms in total. The van der Waals surface area contributed by atoms with Crippen molar-refractivity contribution < 1.29 is 132 Å². The number of alkyl halides is 30. The Morgan fingerprint density at radius 3 is 0.882 bits per heavy atom. The van der Waals surface area contributed by atoms with Crippen molar-refractivity contribution in [3.05, 3.63) is 0 Å². The number of halogens is 30. The molecule has 9 saturated carbocycles. The third kappa shape index (κ3) is 46.1. The van der Waals surface area contributed by atoms with E-state index in [1.807, 2.05) is 76.2 Å². The quantitative estimate of drug-likeness (QED) is 0.191. The highest BCUT2D eigenvalue weighted by molar-refractivity contribution is 5.03. The van der Waals surface area contributed by atoms with E-state index in [-0.39, 0.29) is 78.9 Å². The van der Waals surface area contributed by atoms with Gasteiger partial charge in [0.1, 0.15) is 34.0 Å². The molecule has 9 fully saturated rings. The molecule has 0 aromatic heterocycles. The third-order valence-corrected chi connectivity index (χ3v) is 29.8. The van der Waals surface area contributed by atoms with Gasteiger partial charge in [-0.2, -0.15) is 105 Å². The predicted octanol–water partition coefficient (Wildman–Crippen LogP) is 40.3. The molecule has 9 rings (SSSR count). The minimum Gasteiger partial charge on any atom is -0.245 e. The number of fused-ring (bicyclic) bond motifs is 3. The summed E-state index contributed by atoms with van der Waals surface area (Å²) in [5, 5.41) is 0. The van der Waals surface area contributed by atoms with Crippen molar-refractivity contribution in [2.24, 2.45) is 104 Å². The molecular weight excluding hydrogens is 1740 g/mol. The van der Waals surface area contributed by atoms with Gasteiger partial charge in [-0.3, -0.25) is 0 Å². The minimum absolute atomic E-state index is 0.0106. The van der Waals surface area contributed by atoms with Gasteiger partial charge in [-0.1, -0.05) is 188 Å². The van der Waals surface area contributed by atoms with E-state index in [1.54, 1.807) is 83.1 Å². The van der Waals surface area contributed by atoms with Crippen molar-refractivity contribution in [1.82, 2.24) is 0 Å². The van der Waals surface area contributed by atoms with E-state index in [0.29, 0.717) is 50.4 Å². The van der Waals surface area contributed by atoms with Crippen LogP contribution in [0.25, 0.3) is 0 Å². The highest BCUT2D eigenvalue weighted by Crippen LogP contribution is 2.65. The van der Waals surface area contributed by atoms with E-state index >= 15 is 0 Å². The largest absolute Gasteiger partial charge is 0.403 e. The van der Waals surface area contributed by atoms with E-state index < -0.39 is 150 Å². The van der Waals surface area contributed by atoms with Crippen LogP contribution in [0.15, 0.2) is 0 Å². The molecule has 0 radical (unpaired) electrons.